The molecule has 35 nitrogen and oxygen atoms in total. The number of carboxylic acids is 1. The first-order chi connectivity index (χ1) is 61.2. The number of aromatic carboxylic acids is 1. The second kappa shape index (κ2) is 53.0. The Kier molecular flexibility index (Phi) is 42.4. The van der Waals surface area contributed by atoms with Crippen molar-refractivity contribution in [1.82, 2.24) is 0 Å². The molecule has 2 saturated carbocycles. The fourth-order valence-corrected chi connectivity index (χ4v) is 11.8. The fourth-order valence-electron chi connectivity index (χ4n) is 11.8. The van der Waals surface area contributed by atoms with Gasteiger partial charge >= 0.3 is 83.6 Å². The topological polar surface area (TPSA) is 481 Å². The fraction of sp³-hybridized carbons (Fsp3) is 0.319. The Bertz CT molecular complexity index is 4910. The summed E-state index contributed by atoms with van der Waals surface area (Å²) in [4.78, 5) is 170. The lowest BCUT2D eigenvalue weighted by Gasteiger charge is -2.26. The molecule has 0 unspecified atom stereocenters. The Labute approximate surface area is 739 Å². The smallest absolute Gasteiger partial charge is 0.343 e. The minimum Gasteiger partial charge on any atom is -0.507 e. The second-order valence-electron chi connectivity index (χ2n) is 27.5. The zero-order valence-corrected chi connectivity index (χ0v) is 71.9. The van der Waals surface area contributed by atoms with Crippen LogP contribution in [0.4, 0.5) is 0 Å². The van der Waals surface area contributed by atoms with Crippen molar-refractivity contribution in [3.8, 4) is 63.2 Å². The summed E-state index contributed by atoms with van der Waals surface area (Å²) in [5, 5.41) is 28.2. The summed E-state index contributed by atoms with van der Waals surface area (Å²) in [5.74, 6) is -10.5. The van der Waals surface area contributed by atoms with Gasteiger partial charge in [-0.3, -0.25) is 19.2 Å². The number of halogens is 1. The van der Waals surface area contributed by atoms with E-state index in [0.29, 0.717) is 101 Å². The van der Waals surface area contributed by atoms with E-state index in [1.807, 2.05) is 0 Å². The van der Waals surface area contributed by atoms with Crippen molar-refractivity contribution in [3.63, 3.8) is 0 Å². The van der Waals surface area contributed by atoms with Gasteiger partial charge in [0.2, 0.25) is 9.05 Å². The van der Waals surface area contributed by atoms with Crippen molar-refractivity contribution in [2.24, 2.45) is 23.7 Å². The number of hydrogen-bond acceptors (Lipinski definition) is 34. The van der Waals surface area contributed by atoms with E-state index in [2.05, 4.69) is 39.9 Å². The maximum Gasteiger partial charge on any atom is 0.343 e. The number of esters is 13. The zero-order chi connectivity index (χ0) is 93.8. The predicted octanol–water partition coefficient (Wildman–Crippen LogP) is 13.2. The van der Waals surface area contributed by atoms with Crippen molar-refractivity contribution in [2.75, 3.05) is 74.3 Å². The van der Waals surface area contributed by atoms with Gasteiger partial charge in [0.15, 0.2) is 0 Å². The van der Waals surface area contributed by atoms with Crippen LogP contribution in [-0.2, 0) is 75.8 Å². The molecule has 0 aromatic heterocycles. The van der Waals surface area contributed by atoms with E-state index < -0.39 is 116 Å². The van der Waals surface area contributed by atoms with Gasteiger partial charge in [-0.2, -0.15) is 0 Å². The number of phenols is 2. The van der Waals surface area contributed by atoms with E-state index in [1.165, 1.54) is 123 Å². The number of ether oxygens (including phenoxy) is 16. The molecule has 2 aliphatic carbocycles. The Morgan fingerprint density at radius 2 is 0.562 bits per heavy atom. The summed E-state index contributed by atoms with van der Waals surface area (Å²) in [6.07, 6.45) is 10.8. The predicted molar refractivity (Wildman–Crippen MR) is 452 cm³/mol. The van der Waals surface area contributed by atoms with E-state index in [-0.39, 0.29) is 124 Å². The Morgan fingerprint density at radius 3 is 0.812 bits per heavy atom. The van der Waals surface area contributed by atoms with Gasteiger partial charge in [-0.25, -0.2) is 56.4 Å². The van der Waals surface area contributed by atoms with Crippen molar-refractivity contribution in [2.45, 2.75) is 89.9 Å². The number of benzene rings is 7. The molecule has 0 amide bonds. The summed E-state index contributed by atoms with van der Waals surface area (Å²) >= 11 is 0. The number of methoxy groups -OCH3 is 4. The number of rotatable bonds is 38. The molecule has 682 valence electrons. The van der Waals surface area contributed by atoms with Crippen LogP contribution in [0.5, 0.6) is 63.2 Å². The standard InChI is InChI=1S/C52H52O18.C24H24O10.C14H16O5.CH3ClO2S/c1-5-45(53)65-29-9-7-27-63-37-19-15-35(16-20-37)49(57)69-43-25-23-39(31-41(43)51(59)61-3)67-47(55)33-11-13-34(14-12-33)48(56)68-40-24-26-44(42(32-40)52(60)62-4)70-50(58)36-17-21-38(22-18-36)64-28-8-10-30-66-46(54)6-2;1-31-23(29)17-11-15(7-9-19(17)25)33-21(27)13-3-5-14(6-4-13)22(28)34-16-8-10-20(26)18(12-16)24(30)32-2;1-2-13(15)19-10-4-3-9-18-12-7-5-11(6-8-12)14(16)17;1-5(2,3)4/h5-6,15-26,31-34H,1-2,7-14,27-30H2,3-4H3;7-14,25-26H,3-6H2,1-2H3;2,5-8H,1,3-4,9-10H2,(H,16,17);1H3. The highest BCUT2D eigenvalue weighted by atomic mass is 35.7. The van der Waals surface area contributed by atoms with Crippen LogP contribution in [0.15, 0.2) is 184 Å². The third-order valence-corrected chi connectivity index (χ3v) is 18.5. The number of carbonyl (C=O) groups excluding carboxylic acids is 13. The molecule has 7 aromatic rings. The van der Waals surface area contributed by atoms with Crippen LogP contribution >= 0.6 is 10.7 Å². The van der Waals surface area contributed by atoms with E-state index >= 15 is 0 Å². The number of carboxylic acid groups (broad SMARTS) is 1. The van der Waals surface area contributed by atoms with Gasteiger partial charge in [0.05, 0.1) is 115 Å². The number of phenolic OH excluding ortho intramolecular Hbond substituents is 2. The molecule has 0 atom stereocenters. The Morgan fingerprint density at radius 1 is 0.336 bits per heavy atom. The molecule has 0 spiro atoms. The molecule has 0 aliphatic heterocycles. The van der Waals surface area contributed by atoms with E-state index in [1.54, 1.807) is 36.4 Å². The first-order valence-electron chi connectivity index (χ1n) is 39.5. The van der Waals surface area contributed by atoms with Crippen LogP contribution in [-0.4, -0.2) is 182 Å². The quantitative estimate of drug-likeness (QED) is 0.00808. The maximum atomic E-state index is 13.3. The van der Waals surface area contributed by atoms with Gasteiger partial charge in [0, 0.05) is 28.9 Å². The third kappa shape index (κ3) is 35.3. The normalized spacial score (nSPS) is 14.0. The van der Waals surface area contributed by atoms with Crippen LogP contribution in [0.1, 0.15) is 162 Å². The molecule has 9 rings (SSSR count). The number of hydrogen-bond donors (Lipinski definition) is 3. The summed E-state index contributed by atoms with van der Waals surface area (Å²) < 4.78 is 102. The highest BCUT2D eigenvalue weighted by Crippen LogP contribution is 2.37. The monoisotopic (exact) mass is 1810 g/mol. The highest BCUT2D eigenvalue weighted by molar-refractivity contribution is 8.13. The SMILES string of the molecule is C=CC(=O)OCCCCOc1ccc(C(=O)O)cc1.C=CC(=O)OCCCCOc1ccc(C(=O)Oc2ccc(OC(=O)C3CCC(C(=O)Oc4ccc(OC(=O)c5ccc(OCCCCOC(=O)C=C)cc5)c(C(=O)OC)c4)CC3)cc2C(=O)OC)cc1.COC(=O)c1cc(OC(=O)C2CCC(C(=O)Oc3ccc(O)c(C(=O)OC)c3)CC2)ccc1O.CS(=O)(=O)Cl. The van der Waals surface area contributed by atoms with Crippen LogP contribution in [0.25, 0.3) is 0 Å². The van der Waals surface area contributed by atoms with Crippen molar-refractivity contribution in [3.05, 3.63) is 223 Å². The Hall–Kier alpha value is -14.4. The van der Waals surface area contributed by atoms with Crippen LogP contribution < -0.4 is 42.6 Å². The Balaban J connectivity index is 0.000000354. The first kappa shape index (κ1) is 102. The number of aromatic hydroxyl groups is 2. The largest absolute Gasteiger partial charge is 0.507 e. The molecular weight excluding hydrogens is 1720 g/mol. The van der Waals surface area contributed by atoms with Gasteiger partial charge in [0.25, 0.3) is 0 Å². The first-order valence-corrected chi connectivity index (χ1v) is 42.2. The van der Waals surface area contributed by atoms with Gasteiger partial charge in [-0.1, -0.05) is 19.7 Å². The minimum absolute atomic E-state index is 0.000450. The van der Waals surface area contributed by atoms with Crippen LogP contribution in [0, 0.1) is 23.7 Å². The number of carbonyl (C=O) groups is 14. The average Bonchev–Trinajstić information content (AvgIpc) is 0.814. The minimum atomic E-state index is -3.19. The summed E-state index contributed by atoms with van der Waals surface area (Å²) in [5.41, 5.74) is -0.0169. The molecule has 37 heteroatoms. The molecule has 0 saturated heterocycles. The average molecular weight is 1820 g/mol. The number of unbranched alkanes of at least 4 members (excludes halogenated alkanes) is 3. The molecule has 2 fully saturated rings. The summed E-state index contributed by atoms with van der Waals surface area (Å²) in [6, 6.07) is 34.0. The van der Waals surface area contributed by atoms with Crippen molar-refractivity contribution >= 4 is 103 Å². The molecular formula is C91H95ClO35S. The summed E-state index contributed by atoms with van der Waals surface area (Å²) in [6.45, 7) is 12.0. The zero-order valence-electron chi connectivity index (χ0n) is 70.4. The van der Waals surface area contributed by atoms with E-state index in [9.17, 15) is 85.8 Å². The maximum absolute atomic E-state index is 13.3. The van der Waals surface area contributed by atoms with Crippen LogP contribution in [0.3, 0.4) is 0 Å². The summed E-state index contributed by atoms with van der Waals surface area (Å²) in [7, 11) is 5.94. The van der Waals surface area contributed by atoms with Gasteiger partial charge in [-0.05, 0) is 235 Å². The molecule has 0 bridgehead atoms. The van der Waals surface area contributed by atoms with Crippen LogP contribution in [0.2, 0.25) is 0 Å². The lowest BCUT2D eigenvalue weighted by Crippen LogP contribution is -2.30. The molecule has 3 N–H and O–H groups in total. The highest BCUT2D eigenvalue weighted by Gasteiger charge is 2.35. The molecule has 7 aromatic carbocycles. The van der Waals surface area contributed by atoms with Crippen molar-refractivity contribution < 1.29 is 167 Å². The molecule has 128 heavy (non-hydrogen) atoms. The molecule has 0 radical (unpaired) electrons. The van der Waals surface area contributed by atoms with Crippen molar-refractivity contribution in [1.29, 1.82) is 0 Å². The van der Waals surface area contributed by atoms with E-state index in [0.717, 1.165) is 45.1 Å². The molecule has 0 heterocycles. The van der Waals surface area contributed by atoms with Gasteiger partial charge in [0.1, 0.15) is 85.5 Å². The van der Waals surface area contributed by atoms with E-state index in [4.69, 9.17) is 71.4 Å². The lowest BCUT2D eigenvalue weighted by molar-refractivity contribution is -0.145. The van der Waals surface area contributed by atoms with Gasteiger partial charge < -0.3 is 91.1 Å². The second-order valence-corrected chi connectivity index (χ2v) is 30.6. The third-order valence-electron chi connectivity index (χ3n) is 18.5. The van der Waals surface area contributed by atoms with Gasteiger partial charge in [-0.15, -0.1) is 0 Å². The lowest BCUT2D eigenvalue weighted by atomic mass is 9.82. The molecule has 2 aliphatic rings.